The highest BCUT2D eigenvalue weighted by Gasteiger charge is 2.46. The standard InChI is InChI=1S/C30H28ClNO3S2/c1-3-20(2)29(32-37(34,35)28-19-18-27(31)36-28)30(33,25-16-8-12-21-10-4-6-14-23(21)25)26-17-9-13-22-11-5-7-15-24(22)26/h4-20,29,32-33H,3H2,1-2H3/t20?,29-/m0/s1. The van der Waals surface area contributed by atoms with Gasteiger partial charge in [0.1, 0.15) is 9.81 Å². The lowest BCUT2D eigenvalue weighted by atomic mass is 9.72. The number of halogens is 1. The highest BCUT2D eigenvalue weighted by atomic mass is 35.5. The maximum atomic E-state index is 13.6. The first kappa shape index (κ1) is 25.9. The number of aliphatic hydroxyl groups is 1. The van der Waals surface area contributed by atoms with Crippen molar-refractivity contribution < 1.29 is 13.5 Å². The molecule has 4 nitrogen and oxygen atoms in total. The van der Waals surface area contributed by atoms with Gasteiger partial charge in [-0.25, -0.2) is 13.1 Å². The molecule has 0 spiro atoms. The molecule has 0 aliphatic heterocycles. The zero-order chi connectivity index (χ0) is 26.2. The summed E-state index contributed by atoms with van der Waals surface area (Å²) in [4.78, 5) is 0. The molecule has 37 heavy (non-hydrogen) atoms. The quantitative estimate of drug-likeness (QED) is 0.213. The molecule has 2 N–H and O–H groups in total. The Kier molecular flexibility index (Phi) is 7.14. The summed E-state index contributed by atoms with van der Waals surface area (Å²) in [6.07, 6.45) is 0.649. The van der Waals surface area contributed by atoms with Crippen LogP contribution in [0, 0.1) is 5.92 Å². The molecule has 0 bridgehead atoms. The average molecular weight is 550 g/mol. The minimum absolute atomic E-state index is 0.115. The Morgan fingerprint density at radius 2 is 1.35 bits per heavy atom. The fourth-order valence-electron chi connectivity index (χ4n) is 5.11. The Labute approximate surface area is 226 Å². The fraction of sp³-hybridized carbons (Fsp3) is 0.200. The summed E-state index contributed by atoms with van der Waals surface area (Å²) < 4.78 is 30.7. The molecule has 5 aromatic rings. The molecule has 190 valence electrons. The van der Waals surface area contributed by atoms with E-state index in [4.69, 9.17) is 11.6 Å². The summed E-state index contributed by atoms with van der Waals surface area (Å²) in [5.74, 6) is -0.215. The van der Waals surface area contributed by atoms with E-state index in [2.05, 4.69) is 4.72 Å². The molecule has 1 aromatic heterocycles. The Balaban J connectivity index is 1.83. The van der Waals surface area contributed by atoms with Crippen LogP contribution in [0.25, 0.3) is 21.5 Å². The number of sulfonamides is 1. The van der Waals surface area contributed by atoms with E-state index in [0.29, 0.717) is 21.9 Å². The van der Waals surface area contributed by atoms with E-state index in [1.54, 1.807) is 6.07 Å². The highest BCUT2D eigenvalue weighted by Crippen LogP contribution is 2.43. The van der Waals surface area contributed by atoms with Crippen molar-refractivity contribution in [3.05, 3.63) is 113 Å². The summed E-state index contributed by atoms with van der Waals surface area (Å²) in [5.41, 5.74) is -0.385. The van der Waals surface area contributed by atoms with Crippen molar-refractivity contribution in [3.8, 4) is 0 Å². The monoisotopic (exact) mass is 549 g/mol. The molecule has 0 aliphatic carbocycles. The molecule has 7 heteroatoms. The van der Waals surface area contributed by atoms with Gasteiger partial charge in [0.2, 0.25) is 10.0 Å². The summed E-state index contributed by atoms with van der Waals surface area (Å²) in [6.45, 7) is 3.97. The van der Waals surface area contributed by atoms with Crippen LogP contribution in [0.3, 0.4) is 0 Å². The van der Waals surface area contributed by atoms with Gasteiger partial charge < -0.3 is 5.11 Å². The Morgan fingerprint density at radius 1 is 0.838 bits per heavy atom. The van der Waals surface area contributed by atoms with Crippen molar-refractivity contribution in [2.24, 2.45) is 5.92 Å². The third-order valence-electron chi connectivity index (χ3n) is 7.16. The first-order valence-corrected chi connectivity index (χ1v) is 14.9. The molecule has 4 aromatic carbocycles. The SMILES string of the molecule is CCC(C)[C@H](NS(=O)(=O)c1ccc(Cl)s1)C(O)(c1cccc2ccccc12)c1cccc2ccccc12. The van der Waals surface area contributed by atoms with Gasteiger partial charge in [-0.05, 0) is 50.7 Å². The molecular weight excluding hydrogens is 522 g/mol. The van der Waals surface area contributed by atoms with Gasteiger partial charge in [0.25, 0.3) is 0 Å². The second-order valence-corrected chi connectivity index (χ2v) is 13.0. The fourth-order valence-corrected chi connectivity index (χ4v) is 7.98. The number of fused-ring (bicyclic) bond motifs is 2. The normalized spacial score (nSPS) is 14.2. The minimum Gasteiger partial charge on any atom is -0.379 e. The summed E-state index contributed by atoms with van der Waals surface area (Å²) >= 11 is 7.08. The predicted octanol–water partition coefficient (Wildman–Crippen LogP) is 7.34. The third-order valence-corrected chi connectivity index (χ3v) is 10.3. The van der Waals surface area contributed by atoms with Crippen molar-refractivity contribution in [1.82, 2.24) is 4.72 Å². The third kappa shape index (κ3) is 4.69. The van der Waals surface area contributed by atoms with Crippen LogP contribution in [-0.2, 0) is 15.6 Å². The van der Waals surface area contributed by atoms with Crippen LogP contribution in [0.15, 0.2) is 101 Å². The van der Waals surface area contributed by atoms with E-state index in [1.807, 2.05) is 98.8 Å². The molecule has 1 heterocycles. The molecule has 0 saturated heterocycles. The maximum Gasteiger partial charge on any atom is 0.250 e. The molecule has 2 atom stereocenters. The van der Waals surface area contributed by atoms with Crippen LogP contribution >= 0.6 is 22.9 Å². The van der Waals surface area contributed by atoms with Crippen molar-refractivity contribution in [2.75, 3.05) is 0 Å². The second kappa shape index (κ2) is 10.2. The van der Waals surface area contributed by atoms with E-state index < -0.39 is 21.7 Å². The van der Waals surface area contributed by atoms with E-state index in [-0.39, 0.29) is 10.1 Å². The number of nitrogens with one attached hydrogen (secondary N) is 1. The molecular formula is C30H28ClNO3S2. The van der Waals surface area contributed by atoms with Crippen molar-refractivity contribution >= 4 is 54.5 Å². The van der Waals surface area contributed by atoms with Gasteiger partial charge in [-0.15, -0.1) is 11.3 Å². The van der Waals surface area contributed by atoms with Crippen LogP contribution in [0.2, 0.25) is 4.34 Å². The molecule has 5 rings (SSSR count). The van der Waals surface area contributed by atoms with E-state index >= 15 is 0 Å². The van der Waals surface area contributed by atoms with E-state index in [0.717, 1.165) is 32.9 Å². The van der Waals surface area contributed by atoms with Gasteiger partial charge in [0.05, 0.1) is 10.4 Å². The van der Waals surface area contributed by atoms with Gasteiger partial charge in [-0.2, -0.15) is 0 Å². The number of rotatable bonds is 8. The maximum absolute atomic E-state index is 13.6. The summed E-state index contributed by atoms with van der Waals surface area (Å²) in [6, 6.07) is 29.5. The van der Waals surface area contributed by atoms with Gasteiger partial charge >= 0.3 is 0 Å². The minimum atomic E-state index is -3.98. The molecule has 0 radical (unpaired) electrons. The van der Waals surface area contributed by atoms with Gasteiger partial charge in [0.15, 0.2) is 0 Å². The zero-order valence-corrected chi connectivity index (χ0v) is 22.9. The van der Waals surface area contributed by atoms with Gasteiger partial charge in [0, 0.05) is 0 Å². The van der Waals surface area contributed by atoms with Crippen LogP contribution in [0.4, 0.5) is 0 Å². The van der Waals surface area contributed by atoms with Crippen LogP contribution in [0.1, 0.15) is 31.4 Å². The number of benzene rings is 4. The van der Waals surface area contributed by atoms with Gasteiger partial charge in [-0.3, -0.25) is 0 Å². The number of hydrogen-bond acceptors (Lipinski definition) is 4. The summed E-state index contributed by atoms with van der Waals surface area (Å²) in [7, 11) is -3.98. The molecule has 0 fully saturated rings. The van der Waals surface area contributed by atoms with Crippen LogP contribution in [-0.4, -0.2) is 19.6 Å². The Bertz CT molecular complexity index is 1590. The smallest absolute Gasteiger partial charge is 0.250 e. The van der Waals surface area contributed by atoms with Gasteiger partial charge in [-0.1, -0.05) is 117 Å². The van der Waals surface area contributed by atoms with Crippen molar-refractivity contribution in [2.45, 2.75) is 36.1 Å². The molecule has 0 aliphatic rings. The number of hydrogen-bond donors (Lipinski definition) is 2. The lowest BCUT2D eigenvalue weighted by Crippen LogP contribution is -2.54. The zero-order valence-electron chi connectivity index (χ0n) is 20.6. The largest absolute Gasteiger partial charge is 0.379 e. The van der Waals surface area contributed by atoms with Crippen molar-refractivity contribution in [3.63, 3.8) is 0 Å². The van der Waals surface area contributed by atoms with E-state index in [9.17, 15) is 13.5 Å². The van der Waals surface area contributed by atoms with Crippen molar-refractivity contribution in [1.29, 1.82) is 0 Å². The Morgan fingerprint density at radius 3 is 1.84 bits per heavy atom. The first-order chi connectivity index (χ1) is 17.8. The van der Waals surface area contributed by atoms with Crippen LogP contribution < -0.4 is 4.72 Å². The molecule has 1 unspecified atom stereocenters. The Hall–Kier alpha value is -2.74. The molecule has 0 saturated carbocycles. The lowest BCUT2D eigenvalue weighted by Gasteiger charge is -2.41. The van der Waals surface area contributed by atoms with E-state index in [1.165, 1.54) is 6.07 Å². The predicted molar refractivity (Wildman–Crippen MR) is 154 cm³/mol. The molecule has 0 amide bonds. The first-order valence-electron chi connectivity index (χ1n) is 12.2. The number of thiophene rings is 1. The highest BCUT2D eigenvalue weighted by molar-refractivity contribution is 7.91. The lowest BCUT2D eigenvalue weighted by molar-refractivity contribution is 0.0274. The van der Waals surface area contributed by atoms with Crippen LogP contribution in [0.5, 0.6) is 0 Å². The summed E-state index contributed by atoms with van der Waals surface area (Å²) in [5, 5.41) is 16.7. The average Bonchev–Trinajstić information content (AvgIpc) is 3.37. The second-order valence-electron chi connectivity index (χ2n) is 9.36. The topological polar surface area (TPSA) is 66.4 Å².